The van der Waals surface area contributed by atoms with Gasteiger partial charge in [-0.3, -0.25) is 0 Å². The first-order valence-electron chi connectivity index (χ1n) is 4.21. The highest BCUT2D eigenvalue weighted by Gasteiger charge is 2.53. The number of hydrogen-bond acceptors (Lipinski definition) is 1. The molecule has 1 nitrogen and oxygen atoms in total. The number of halogens is 1. The second-order valence-corrected chi connectivity index (χ2v) is 3.67. The monoisotopic (exact) mass is 181 g/mol. The predicted molar refractivity (Wildman–Crippen MR) is 51.6 cm³/mol. The standard InChI is InChI=1S/C10H11N.ClH/c11-10-8-5-6-3-1-2-4-7(6)9(8)10;/h1-4,8-10H,5,11H2;1H/t8-,9+,10-;/m0./s1. The van der Waals surface area contributed by atoms with E-state index in [0.717, 1.165) is 5.92 Å². The first-order valence-corrected chi connectivity index (χ1v) is 4.21. The van der Waals surface area contributed by atoms with Gasteiger partial charge in [0.1, 0.15) is 0 Å². The Morgan fingerprint density at radius 2 is 2.00 bits per heavy atom. The molecule has 0 radical (unpaired) electrons. The normalized spacial score (nSPS) is 34.9. The van der Waals surface area contributed by atoms with E-state index in [2.05, 4.69) is 24.3 Å². The molecular formula is C10H12ClN. The molecule has 0 heterocycles. The molecule has 12 heavy (non-hydrogen) atoms. The first-order chi connectivity index (χ1) is 5.38. The number of nitrogens with two attached hydrogens (primary N) is 1. The number of hydrogen-bond donors (Lipinski definition) is 1. The lowest BCUT2D eigenvalue weighted by Crippen LogP contribution is -2.08. The van der Waals surface area contributed by atoms with Crippen molar-refractivity contribution in [1.82, 2.24) is 0 Å². The van der Waals surface area contributed by atoms with Crippen molar-refractivity contribution in [2.75, 3.05) is 0 Å². The Bertz CT molecular complexity index is 310. The van der Waals surface area contributed by atoms with Gasteiger partial charge in [-0.05, 0) is 23.5 Å². The fraction of sp³-hybridized carbons (Fsp3) is 0.400. The molecule has 64 valence electrons. The highest BCUT2D eigenvalue weighted by Crippen LogP contribution is 2.54. The molecule has 2 aliphatic carbocycles. The van der Waals surface area contributed by atoms with Gasteiger partial charge in [-0.25, -0.2) is 0 Å². The average molecular weight is 182 g/mol. The van der Waals surface area contributed by atoms with Gasteiger partial charge >= 0.3 is 0 Å². The van der Waals surface area contributed by atoms with E-state index >= 15 is 0 Å². The van der Waals surface area contributed by atoms with Gasteiger partial charge in [0, 0.05) is 12.0 Å². The summed E-state index contributed by atoms with van der Waals surface area (Å²) >= 11 is 0. The zero-order valence-electron chi connectivity index (χ0n) is 6.73. The second kappa shape index (κ2) is 2.48. The minimum absolute atomic E-state index is 0. The van der Waals surface area contributed by atoms with Crippen LogP contribution in [0, 0.1) is 5.92 Å². The van der Waals surface area contributed by atoms with Crippen LogP contribution in [0.2, 0.25) is 0 Å². The van der Waals surface area contributed by atoms with Crippen molar-refractivity contribution in [1.29, 1.82) is 0 Å². The van der Waals surface area contributed by atoms with Crippen LogP contribution < -0.4 is 5.73 Å². The molecule has 0 bridgehead atoms. The Labute approximate surface area is 78.4 Å². The van der Waals surface area contributed by atoms with Gasteiger partial charge in [-0.2, -0.15) is 0 Å². The molecule has 0 aromatic heterocycles. The zero-order valence-corrected chi connectivity index (χ0v) is 7.55. The van der Waals surface area contributed by atoms with E-state index in [-0.39, 0.29) is 12.4 Å². The molecule has 1 saturated carbocycles. The van der Waals surface area contributed by atoms with Crippen LogP contribution in [0.15, 0.2) is 24.3 Å². The Kier molecular flexibility index (Phi) is 1.67. The highest BCUT2D eigenvalue weighted by molar-refractivity contribution is 5.85. The topological polar surface area (TPSA) is 26.0 Å². The van der Waals surface area contributed by atoms with Gasteiger partial charge in [0.2, 0.25) is 0 Å². The second-order valence-electron chi connectivity index (χ2n) is 3.67. The maximum Gasteiger partial charge on any atom is 0.0149 e. The Morgan fingerprint density at radius 3 is 2.83 bits per heavy atom. The first kappa shape index (κ1) is 8.09. The Morgan fingerprint density at radius 1 is 1.25 bits per heavy atom. The minimum atomic E-state index is 0. The van der Waals surface area contributed by atoms with E-state index in [1.165, 1.54) is 17.5 Å². The van der Waals surface area contributed by atoms with Gasteiger partial charge in [-0.1, -0.05) is 24.3 Å². The van der Waals surface area contributed by atoms with Crippen LogP contribution in [-0.2, 0) is 6.42 Å². The van der Waals surface area contributed by atoms with Crippen molar-refractivity contribution >= 4 is 12.4 Å². The molecule has 3 rings (SSSR count). The smallest absolute Gasteiger partial charge is 0.0149 e. The molecule has 1 aromatic rings. The van der Waals surface area contributed by atoms with Crippen molar-refractivity contribution in [2.24, 2.45) is 11.7 Å². The summed E-state index contributed by atoms with van der Waals surface area (Å²) in [6.07, 6.45) is 1.22. The fourth-order valence-corrected chi connectivity index (χ4v) is 2.40. The van der Waals surface area contributed by atoms with Crippen molar-refractivity contribution in [2.45, 2.75) is 18.4 Å². The molecule has 0 unspecified atom stereocenters. The summed E-state index contributed by atoms with van der Waals surface area (Å²) in [5.74, 6) is 1.50. The molecule has 0 spiro atoms. The van der Waals surface area contributed by atoms with Gasteiger partial charge in [-0.15, -0.1) is 12.4 Å². The maximum absolute atomic E-state index is 5.89. The van der Waals surface area contributed by atoms with Gasteiger partial charge < -0.3 is 5.73 Å². The predicted octanol–water partition coefficient (Wildman–Crippen LogP) is 1.71. The van der Waals surface area contributed by atoms with E-state index in [0.29, 0.717) is 12.0 Å². The van der Waals surface area contributed by atoms with E-state index < -0.39 is 0 Å². The lowest BCUT2D eigenvalue weighted by Gasteiger charge is -2.02. The highest BCUT2D eigenvalue weighted by atomic mass is 35.5. The summed E-state index contributed by atoms with van der Waals surface area (Å²) < 4.78 is 0. The molecule has 1 aromatic carbocycles. The van der Waals surface area contributed by atoms with Gasteiger partial charge in [0.25, 0.3) is 0 Å². The van der Waals surface area contributed by atoms with Crippen molar-refractivity contribution < 1.29 is 0 Å². The molecule has 2 heteroatoms. The largest absolute Gasteiger partial charge is 0.327 e. The summed E-state index contributed by atoms with van der Waals surface area (Å²) in [6, 6.07) is 9.17. The third kappa shape index (κ3) is 0.838. The lowest BCUT2D eigenvalue weighted by atomic mass is 10.1. The van der Waals surface area contributed by atoms with Crippen LogP contribution in [0.3, 0.4) is 0 Å². The lowest BCUT2D eigenvalue weighted by molar-refractivity contribution is 0.801. The molecule has 3 atom stereocenters. The number of fused-ring (bicyclic) bond motifs is 3. The van der Waals surface area contributed by atoms with Crippen LogP contribution in [0.1, 0.15) is 17.0 Å². The van der Waals surface area contributed by atoms with E-state index in [9.17, 15) is 0 Å². The van der Waals surface area contributed by atoms with Gasteiger partial charge in [0.15, 0.2) is 0 Å². The van der Waals surface area contributed by atoms with Crippen LogP contribution in [0.5, 0.6) is 0 Å². The molecule has 2 N–H and O–H groups in total. The quantitative estimate of drug-likeness (QED) is 0.648. The van der Waals surface area contributed by atoms with Crippen molar-refractivity contribution in [3.63, 3.8) is 0 Å². The Balaban J connectivity index is 0.000000563. The molecule has 2 aliphatic rings. The van der Waals surface area contributed by atoms with E-state index in [1.54, 1.807) is 0 Å². The Hall–Kier alpha value is -0.530. The third-order valence-electron chi connectivity index (χ3n) is 3.10. The number of benzene rings is 1. The molecule has 0 saturated heterocycles. The zero-order chi connectivity index (χ0) is 7.42. The summed E-state index contributed by atoms with van der Waals surface area (Å²) in [7, 11) is 0. The SMILES string of the molecule is Cl.N[C@H]1[C@H]2Cc3ccccc3[C@@H]12. The molecule has 1 fully saturated rings. The third-order valence-corrected chi connectivity index (χ3v) is 3.10. The van der Waals surface area contributed by atoms with E-state index in [4.69, 9.17) is 5.73 Å². The van der Waals surface area contributed by atoms with Gasteiger partial charge in [0.05, 0.1) is 0 Å². The number of rotatable bonds is 0. The average Bonchev–Trinajstić information content (AvgIpc) is 2.55. The van der Waals surface area contributed by atoms with Crippen molar-refractivity contribution in [3.8, 4) is 0 Å². The van der Waals surface area contributed by atoms with Crippen LogP contribution >= 0.6 is 12.4 Å². The van der Waals surface area contributed by atoms with Crippen LogP contribution in [-0.4, -0.2) is 6.04 Å². The summed E-state index contributed by atoms with van der Waals surface area (Å²) in [5.41, 5.74) is 8.94. The molecular weight excluding hydrogens is 170 g/mol. The summed E-state index contributed by atoms with van der Waals surface area (Å²) in [4.78, 5) is 0. The van der Waals surface area contributed by atoms with Crippen molar-refractivity contribution in [3.05, 3.63) is 35.4 Å². The van der Waals surface area contributed by atoms with Crippen LogP contribution in [0.25, 0.3) is 0 Å². The molecule has 0 amide bonds. The fourth-order valence-electron chi connectivity index (χ4n) is 2.40. The summed E-state index contributed by atoms with van der Waals surface area (Å²) in [5, 5.41) is 0. The maximum atomic E-state index is 5.89. The summed E-state index contributed by atoms with van der Waals surface area (Å²) in [6.45, 7) is 0. The van der Waals surface area contributed by atoms with E-state index in [1.807, 2.05) is 0 Å². The van der Waals surface area contributed by atoms with Crippen LogP contribution in [0.4, 0.5) is 0 Å². The molecule has 0 aliphatic heterocycles. The minimum Gasteiger partial charge on any atom is -0.327 e.